The molecule has 0 radical (unpaired) electrons. The molecule has 0 aliphatic carbocycles. The number of pyridine rings is 2. The first-order chi connectivity index (χ1) is 15.2. The Labute approximate surface area is 175 Å². The highest BCUT2D eigenvalue weighted by Crippen LogP contribution is 2.40. The molecule has 0 saturated carbocycles. The van der Waals surface area contributed by atoms with Crippen LogP contribution in [0.15, 0.2) is 70.3 Å². The van der Waals surface area contributed by atoms with Crippen molar-refractivity contribution in [3.63, 3.8) is 0 Å². The van der Waals surface area contributed by atoms with Crippen LogP contribution in [0.2, 0.25) is 0 Å². The molecular formula is C24H10N4O2S. The third-order valence-corrected chi connectivity index (χ3v) is 7.43. The Hall–Kier alpha value is -4.10. The first-order valence-corrected chi connectivity index (χ1v) is 10.7. The van der Waals surface area contributed by atoms with Gasteiger partial charge in [-0.3, -0.25) is 18.4 Å². The fraction of sp³-hybridized carbons (Fsp3) is 0. The molecule has 0 aliphatic heterocycles. The molecule has 144 valence electrons. The molecule has 0 atom stereocenters. The number of rotatable bonds is 0. The molecule has 0 aliphatic rings. The van der Waals surface area contributed by atoms with E-state index >= 15 is 0 Å². The fourth-order valence-electron chi connectivity index (χ4n) is 4.98. The summed E-state index contributed by atoms with van der Waals surface area (Å²) < 4.78 is 4.51. The van der Waals surface area contributed by atoms with Gasteiger partial charge < -0.3 is 0 Å². The molecule has 6 nitrogen and oxygen atoms in total. The Kier molecular flexibility index (Phi) is 2.51. The Morgan fingerprint density at radius 3 is 1.55 bits per heavy atom. The van der Waals surface area contributed by atoms with Crippen LogP contribution < -0.4 is 11.1 Å². The van der Waals surface area contributed by atoms with E-state index in [1.54, 1.807) is 8.80 Å². The van der Waals surface area contributed by atoms with Crippen LogP contribution in [0.25, 0.3) is 64.3 Å². The topological polar surface area (TPSA) is 68.7 Å². The molecule has 0 bridgehead atoms. The van der Waals surface area contributed by atoms with Gasteiger partial charge in [0.25, 0.3) is 11.1 Å². The molecule has 0 fully saturated rings. The van der Waals surface area contributed by atoms with E-state index in [2.05, 4.69) is 0 Å². The van der Waals surface area contributed by atoms with Crippen LogP contribution in [0, 0.1) is 0 Å². The zero-order chi connectivity index (χ0) is 20.4. The SMILES string of the molecule is O=c1c2sc3c(=O)n4c5ccccc5nc4c4ccc(c2c34)c2nc3ccccc3n12. The number of fused-ring (bicyclic) bond motifs is 8. The molecule has 7 heteroatoms. The second-order valence-corrected chi connectivity index (χ2v) is 8.82. The maximum atomic E-state index is 13.6. The van der Waals surface area contributed by atoms with E-state index in [4.69, 9.17) is 9.97 Å². The Morgan fingerprint density at radius 1 is 0.613 bits per heavy atom. The summed E-state index contributed by atoms with van der Waals surface area (Å²) in [6, 6.07) is 19.3. The van der Waals surface area contributed by atoms with Gasteiger partial charge in [-0.15, -0.1) is 11.3 Å². The molecule has 8 rings (SSSR count). The van der Waals surface area contributed by atoms with Crippen molar-refractivity contribution in [3.8, 4) is 0 Å². The summed E-state index contributed by atoms with van der Waals surface area (Å²) in [5, 5.41) is 3.39. The predicted octanol–water partition coefficient (Wildman–Crippen LogP) is 4.41. The normalized spacial score (nSPS) is 12.8. The maximum Gasteiger partial charge on any atom is 0.274 e. The molecule has 8 aromatic rings. The molecule has 5 aromatic heterocycles. The number of thiophene rings is 1. The van der Waals surface area contributed by atoms with Crippen LogP contribution >= 0.6 is 11.3 Å². The lowest BCUT2D eigenvalue weighted by Crippen LogP contribution is -2.12. The minimum absolute atomic E-state index is 0.133. The van der Waals surface area contributed by atoms with E-state index in [0.717, 1.165) is 43.6 Å². The van der Waals surface area contributed by atoms with E-state index in [9.17, 15) is 9.59 Å². The third-order valence-electron chi connectivity index (χ3n) is 6.26. The van der Waals surface area contributed by atoms with Gasteiger partial charge >= 0.3 is 0 Å². The standard InChI is InChI=1S/C24H10N4O2S/c29-23-19-17-11(21-25-13-5-1-3-7-15(13)27(21)23)9-10-12-18(17)20(31-19)24(30)28-16-8-4-2-6-14(16)26-22(12)28/h1-10H. The monoisotopic (exact) mass is 418 g/mol. The van der Waals surface area contributed by atoms with Crippen LogP contribution in [-0.2, 0) is 0 Å². The first-order valence-electron chi connectivity index (χ1n) is 9.87. The number of aromatic nitrogens is 4. The summed E-state index contributed by atoms with van der Waals surface area (Å²) in [4.78, 5) is 36.6. The molecule has 5 heterocycles. The van der Waals surface area contributed by atoms with E-state index < -0.39 is 0 Å². The highest BCUT2D eigenvalue weighted by Gasteiger charge is 2.24. The summed E-state index contributed by atoms with van der Waals surface area (Å²) in [6.45, 7) is 0. The lowest BCUT2D eigenvalue weighted by atomic mass is 10.0. The minimum atomic E-state index is -0.133. The Balaban J connectivity index is 1.74. The molecular weight excluding hydrogens is 408 g/mol. The summed E-state index contributed by atoms with van der Waals surface area (Å²) in [7, 11) is 0. The average Bonchev–Trinajstić information content (AvgIpc) is 3.49. The molecule has 31 heavy (non-hydrogen) atoms. The van der Waals surface area contributed by atoms with Crippen molar-refractivity contribution in [2.75, 3.05) is 0 Å². The van der Waals surface area contributed by atoms with Crippen LogP contribution in [0.4, 0.5) is 0 Å². The number of hydrogen-bond donors (Lipinski definition) is 0. The van der Waals surface area contributed by atoms with Crippen molar-refractivity contribution in [2.24, 2.45) is 0 Å². The maximum absolute atomic E-state index is 13.6. The zero-order valence-electron chi connectivity index (χ0n) is 15.8. The number of nitrogens with zero attached hydrogens (tertiary/aromatic N) is 4. The number of imidazole rings is 2. The van der Waals surface area contributed by atoms with Crippen molar-refractivity contribution in [2.45, 2.75) is 0 Å². The largest absolute Gasteiger partial charge is 0.274 e. The highest BCUT2D eigenvalue weighted by atomic mass is 32.1. The molecule has 0 N–H and O–H groups in total. The van der Waals surface area contributed by atoms with Gasteiger partial charge in [0.2, 0.25) is 0 Å². The molecule has 0 saturated heterocycles. The minimum Gasteiger partial charge on any atom is -0.267 e. The molecule has 0 spiro atoms. The summed E-state index contributed by atoms with van der Waals surface area (Å²) in [6.07, 6.45) is 0. The smallest absolute Gasteiger partial charge is 0.267 e. The number of benzene rings is 3. The summed E-state index contributed by atoms with van der Waals surface area (Å²) >= 11 is 1.27. The molecule has 0 unspecified atom stereocenters. The van der Waals surface area contributed by atoms with E-state index in [-0.39, 0.29) is 11.1 Å². The number of hydrogen-bond acceptors (Lipinski definition) is 5. The van der Waals surface area contributed by atoms with Gasteiger partial charge in [-0.05, 0) is 36.4 Å². The van der Waals surface area contributed by atoms with Crippen LogP contribution in [0.5, 0.6) is 0 Å². The fourth-order valence-corrected chi connectivity index (χ4v) is 6.17. The zero-order valence-corrected chi connectivity index (χ0v) is 16.6. The van der Waals surface area contributed by atoms with Crippen molar-refractivity contribution < 1.29 is 0 Å². The number of para-hydroxylation sites is 4. The second kappa shape index (κ2) is 4.96. The van der Waals surface area contributed by atoms with Crippen LogP contribution in [-0.4, -0.2) is 18.8 Å². The molecule has 3 aromatic carbocycles. The summed E-state index contributed by atoms with van der Waals surface area (Å²) in [5.74, 6) is 0. The quantitative estimate of drug-likeness (QED) is 0.342. The van der Waals surface area contributed by atoms with Crippen LogP contribution in [0.3, 0.4) is 0 Å². The first kappa shape index (κ1) is 15.7. The van der Waals surface area contributed by atoms with Crippen molar-refractivity contribution in [3.05, 3.63) is 81.4 Å². The second-order valence-electron chi connectivity index (χ2n) is 7.80. The van der Waals surface area contributed by atoms with Gasteiger partial charge in [-0.2, -0.15) is 0 Å². The van der Waals surface area contributed by atoms with Gasteiger partial charge in [-0.25, -0.2) is 9.97 Å². The van der Waals surface area contributed by atoms with Crippen molar-refractivity contribution in [1.82, 2.24) is 18.8 Å². The van der Waals surface area contributed by atoms with Gasteiger partial charge in [0, 0.05) is 21.5 Å². The Morgan fingerprint density at radius 2 is 1.06 bits per heavy atom. The van der Waals surface area contributed by atoms with Crippen molar-refractivity contribution in [1.29, 1.82) is 0 Å². The third kappa shape index (κ3) is 1.64. The Bertz CT molecular complexity index is 2000. The van der Waals surface area contributed by atoms with Gasteiger partial charge in [-0.1, -0.05) is 24.3 Å². The van der Waals surface area contributed by atoms with E-state index in [1.807, 2.05) is 60.7 Å². The highest BCUT2D eigenvalue weighted by molar-refractivity contribution is 7.26. The lowest BCUT2D eigenvalue weighted by molar-refractivity contribution is 1.19. The van der Waals surface area contributed by atoms with Crippen molar-refractivity contribution >= 4 is 75.6 Å². The lowest BCUT2D eigenvalue weighted by Gasteiger charge is -2.05. The van der Waals surface area contributed by atoms with Gasteiger partial charge in [0.15, 0.2) is 0 Å². The average molecular weight is 418 g/mol. The van der Waals surface area contributed by atoms with E-state index in [0.29, 0.717) is 20.7 Å². The van der Waals surface area contributed by atoms with Gasteiger partial charge in [0.05, 0.1) is 22.1 Å². The predicted molar refractivity (Wildman–Crippen MR) is 124 cm³/mol. The van der Waals surface area contributed by atoms with Crippen LogP contribution in [0.1, 0.15) is 0 Å². The van der Waals surface area contributed by atoms with Gasteiger partial charge in [0.1, 0.15) is 20.7 Å². The molecule has 0 amide bonds. The van der Waals surface area contributed by atoms with E-state index in [1.165, 1.54) is 11.3 Å². The summed E-state index contributed by atoms with van der Waals surface area (Å²) in [5.41, 5.74) is 4.11.